The maximum Gasteiger partial charge on any atom is 0.136 e. The summed E-state index contributed by atoms with van der Waals surface area (Å²) in [6.45, 7) is 4.44. The summed E-state index contributed by atoms with van der Waals surface area (Å²) in [5.41, 5.74) is 5.14. The lowest BCUT2D eigenvalue weighted by atomic mass is 9.59. The second-order valence-corrected chi connectivity index (χ2v) is 12.3. The summed E-state index contributed by atoms with van der Waals surface area (Å²) in [5, 5.41) is 10.2. The van der Waals surface area contributed by atoms with Crippen LogP contribution in [0.4, 0.5) is 0 Å². The molecule has 0 unspecified atom stereocenters. The third kappa shape index (κ3) is 7.16. The number of unbranched alkanes of at least 4 members (excludes halogenated alkanes) is 5. The molecule has 2 saturated carbocycles. The zero-order valence-electron chi connectivity index (χ0n) is 24.0. The lowest BCUT2D eigenvalue weighted by Gasteiger charge is -2.43. The van der Waals surface area contributed by atoms with Gasteiger partial charge in [-0.05, 0) is 91.9 Å². The zero-order valence-corrected chi connectivity index (χ0v) is 24.0. The van der Waals surface area contributed by atoms with Crippen LogP contribution < -0.4 is 0 Å². The highest BCUT2D eigenvalue weighted by Crippen LogP contribution is 2.51. The number of Topliss-reactive ketones (excluding diaryl/α,β-unsaturated/α-hetero) is 1. The van der Waals surface area contributed by atoms with Gasteiger partial charge in [0.05, 0.1) is 11.5 Å². The molecule has 2 aliphatic rings. The molecule has 2 aromatic rings. The molecule has 2 fully saturated rings. The summed E-state index contributed by atoms with van der Waals surface area (Å²) in [5.74, 6) is 1.46. The van der Waals surface area contributed by atoms with Crippen molar-refractivity contribution in [2.75, 3.05) is 0 Å². The molecule has 0 N–H and O–H groups in total. The Morgan fingerprint density at radius 2 is 1.42 bits per heavy atom. The fraction of sp³-hybridized carbons (Fsp3) is 0.611. The minimum atomic E-state index is -0.291. The van der Waals surface area contributed by atoms with Crippen molar-refractivity contribution >= 4 is 5.78 Å². The minimum absolute atomic E-state index is 0.248. The number of aryl methyl sites for hydroxylation is 1. The molecule has 2 nitrogen and oxygen atoms in total. The predicted octanol–water partition coefficient (Wildman–Crippen LogP) is 10.2. The van der Waals surface area contributed by atoms with Crippen LogP contribution in [0.3, 0.4) is 0 Å². The molecule has 0 heterocycles. The molecule has 38 heavy (non-hydrogen) atoms. The van der Waals surface area contributed by atoms with E-state index in [-0.39, 0.29) is 17.3 Å². The number of carbonyl (C=O) groups is 1. The van der Waals surface area contributed by atoms with Crippen molar-refractivity contribution in [2.45, 2.75) is 122 Å². The van der Waals surface area contributed by atoms with E-state index in [1.165, 1.54) is 67.2 Å². The number of ketones is 1. The molecule has 0 radical (unpaired) electrons. The molecule has 2 atom stereocenters. The Kier molecular flexibility index (Phi) is 10.6. The van der Waals surface area contributed by atoms with Crippen LogP contribution in [0, 0.1) is 28.6 Å². The molecule has 0 bridgehead atoms. The van der Waals surface area contributed by atoms with E-state index in [9.17, 15) is 10.1 Å². The van der Waals surface area contributed by atoms with Crippen LogP contribution in [0.25, 0.3) is 11.1 Å². The first-order valence-corrected chi connectivity index (χ1v) is 15.7. The highest BCUT2D eigenvalue weighted by atomic mass is 16.1. The molecule has 4 rings (SSSR count). The largest absolute Gasteiger partial charge is 0.299 e. The summed E-state index contributed by atoms with van der Waals surface area (Å²) in [6.07, 6.45) is 18.0. The van der Waals surface area contributed by atoms with Gasteiger partial charge >= 0.3 is 0 Å². The fourth-order valence-electron chi connectivity index (χ4n) is 7.20. The summed E-state index contributed by atoms with van der Waals surface area (Å²) in [4.78, 5) is 12.7. The first kappa shape index (κ1) is 28.6. The number of nitriles is 1. The van der Waals surface area contributed by atoms with Gasteiger partial charge in [0.2, 0.25) is 0 Å². The Bertz CT molecular complexity index is 1040. The van der Waals surface area contributed by atoms with Gasteiger partial charge in [0.15, 0.2) is 0 Å². The van der Waals surface area contributed by atoms with Crippen molar-refractivity contribution < 1.29 is 4.79 Å². The van der Waals surface area contributed by atoms with Crippen LogP contribution in [0.15, 0.2) is 48.5 Å². The van der Waals surface area contributed by atoms with Crippen LogP contribution in [0.1, 0.15) is 127 Å². The van der Waals surface area contributed by atoms with Crippen LogP contribution >= 0.6 is 0 Å². The van der Waals surface area contributed by atoms with Crippen molar-refractivity contribution in [2.24, 2.45) is 17.3 Å². The van der Waals surface area contributed by atoms with Gasteiger partial charge in [-0.1, -0.05) is 101 Å². The smallest absolute Gasteiger partial charge is 0.136 e. The average Bonchev–Trinajstić information content (AvgIpc) is 2.96. The number of nitrogens with zero attached hydrogens (tertiary/aromatic N) is 1. The van der Waals surface area contributed by atoms with Crippen LogP contribution in [0.5, 0.6) is 0 Å². The van der Waals surface area contributed by atoms with Crippen LogP contribution in [0.2, 0.25) is 0 Å². The summed E-state index contributed by atoms with van der Waals surface area (Å²) < 4.78 is 0. The lowest BCUT2D eigenvalue weighted by Crippen LogP contribution is -2.38. The molecule has 0 aliphatic heterocycles. The van der Waals surface area contributed by atoms with Crippen molar-refractivity contribution in [3.63, 3.8) is 0 Å². The third-order valence-corrected chi connectivity index (χ3v) is 9.77. The number of hydrogen-bond acceptors (Lipinski definition) is 2. The third-order valence-electron chi connectivity index (χ3n) is 9.77. The molecule has 0 amide bonds. The molecule has 0 aromatic heterocycles. The van der Waals surface area contributed by atoms with Gasteiger partial charge < -0.3 is 0 Å². The molecular weight excluding hydrogens is 462 g/mol. The first-order valence-electron chi connectivity index (χ1n) is 15.7. The average molecular weight is 512 g/mol. The van der Waals surface area contributed by atoms with Gasteiger partial charge in [0, 0.05) is 12.3 Å². The van der Waals surface area contributed by atoms with Gasteiger partial charge in [-0.2, -0.15) is 5.26 Å². The van der Waals surface area contributed by atoms with Gasteiger partial charge in [-0.3, -0.25) is 4.79 Å². The number of benzene rings is 2. The standard InChI is InChI=1S/C36H49NO/c1-3-5-6-7-8-9-11-28-12-14-29(15-13-28)30-16-18-31(19-17-30)32-22-24-36(27-37,25-23-32)34-21-20-33(10-4-2)35(38)26-34/h12-19,32-34H,3-11,20-26H2,1-2H3/t32-,33-,34-,36+/m1/s1. The van der Waals surface area contributed by atoms with E-state index in [1.807, 2.05) is 0 Å². The van der Waals surface area contributed by atoms with Gasteiger partial charge in [-0.25, -0.2) is 0 Å². The SMILES string of the molecule is CCCCCCCCc1ccc(-c2ccc([C@H]3CC[C@@](C#N)([C@@H]4CC[C@@H](CCC)C(=O)C4)CC3)cc2)cc1. The Hall–Kier alpha value is -2.40. The number of hydrogen-bond donors (Lipinski definition) is 0. The highest BCUT2D eigenvalue weighted by Gasteiger charge is 2.45. The minimum Gasteiger partial charge on any atom is -0.299 e. The van der Waals surface area contributed by atoms with Crippen molar-refractivity contribution in [1.29, 1.82) is 5.26 Å². The number of carbonyl (C=O) groups excluding carboxylic acids is 1. The molecule has 204 valence electrons. The molecule has 2 heteroatoms. The molecule has 2 aliphatic carbocycles. The van der Waals surface area contributed by atoms with Crippen LogP contribution in [-0.4, -0.2) is 5.78 Å². The quantitative estimate of drug-likeness (QED) is 0.266. The van der Waals surface area contributed by atoms with E-state index < -0.39 is 0 Å². The molecule has 2 aromatic carbocycles. The van der Waals surface area contributed by atoms with Crippen molar-refractivity contribution in [3.8, 4) is 17.2 Å². The topological polar surface area (TPSA) is 40.9 Å². The van der Waals surface area contributed by atoms with Crippen molar-refractivity contribution in [3.05, 3.63) is 59.7 Å². The maximum absolute atomic E-state index is 12.7. The number of rotatable bonds is 12. The molecular formula is C36H49NO. The monoisotopic (exact) mass is 511 g/mol. The van der Waals surface area contributed by atoms with E-state index in [4.69, 9.17) is 0 Å². The molecule has 0 saturated heterocycles. The van der Waals surface area contributed by atoms with E-state index in [0.717, 1.165) is 51.4 Å². The second-order valence-electron chi connectivity index (χ2n) is 12.3. The summed E-state index contributed by atoms with van der Waals surface area (Å²) >= 11 is 0. The van der Waals surface area contributed by atoms with E-state index in [1.54, 1.807) is 0 Å². The predicted molar refractivity (Wildman–Crippen MR) is 159 cm³/mol. The lowest BCUT2D eigenvalue weighted by molar-refractivity contribution is -0.128. The normalized spacial score (nSPS) is 25.7. The highest BCUT2D eigenvalue weighted by molar-refractivity contribution is 5.82. The van der Waals surface area contributed by atoms with Crippen LogP contribution in [-0.2, 0) is 11.2 Å². The summed E-state index contributed by atoms with van der Waals surface area (Å²) in [7, 11) is 0. The van der Waals surface area contributed by atoms with Crippen molar-refractivity contribution in [1.82, 2.24) is 0 Å². The van der Waals surface area contributed by atoms with E-state index in [0.29, 0.717) is 18.1 Å². The summed E-state index contributed by atoms with van der Waals surface area (Å²) in [6, 6.07) is 21.1. The second kappa shape index (κ2) is 14.1. The Labute approximate surface area is 232 Å². The van der Waals surface area contributed by atoms with Gasteiger partial charge in [0.25, 0.3) is 0 Å². The van der Waals surface area contributed by atoms with E-state index >= 15 is 0 Å². The molecule has 0 spiro atoms. The fourth-order valence-corrected chi connectivity index (χ4v) is 7.20. The first-order chi connectivity index (χ1) is 18.6. The Balaban J connectivity index is 1.28. The maximum atomic E-state index is 12.7. The van der Waals surface area contributed by atoms with Gasteiger partial charge in [-0.15, -0.1) is 0 Å². The zero-order chi connectivity index (χ0) is 26.8. The Morgan fingerprint density at radius 1 is 0.789 bits per heavy atom. The Morgan fingerprint density at radius 3 is 2.03 bits per heavy atom. The van der Waals surface area contributed by atoms with Gasteiger partial charge in [0.1, 0.15) is 5.78 Å². The van der Waals surface area contributed by atoms with E-state index in [2.05, 4.69) is 68.4 Å².